The highest BCUT2D eigenvalue weighted by molar-refractivity contribution is 9.18. The highest BCUT2D eigenvalue weighted by Gasteiger charge is 2.34. The Balaban J connectivity index is 1.61. The Labute approximate surface area is 152 Å². The summed E-state index contributed by atoms with van der Waals surface area (Å²) in [5.74, 6) is 0.405. The number of hydrogen-bond acceptors (Lipinski definition) is 4. The predicted molar refractivity (Wildman–Crippen MR) is 91.4 cm³/mol. The molecule has 0 bridgehead atoms. The van der Waals surface area contributed by atoms with Gasteiger partial charge in [-0.3, -0.25) is 4.90 Å². The zero-order valence-corrected chi connectivity index (χ0v) is 15.1. The largest absolute Gasteiger partial charge is 0.416 e. The van der Waals surface area contributed by atoms with Crippen molar-refractivity contribution >= 4 is 20.6 Å². The van der Waals surface area contributed by atoms with Crippen molar-refractivity contribution in [3.05, 3.63) is 35.4 Å². The summed E-state index contributed by atoms with van der Waals surface area (Å²) >= 11 is 3.34. The number of aliphatic hydroxyl groups excluding tert-OH is 1. The molecule has 0 spiro atoms. The third-order valence-corrected chi connectivity index (χ3v) is 5.46. The summed E-state index contributed by atoms with van der Waals surface area (Å²) in [6, 6.07) is 4.79. The monoisotopic (exact) mass is 420 g/mol. The third kappa shape index (κ3) is 4.35. The quantitative estimate of drug-likeness (QED) is 0.801. The van der Waals surface area contributed by atoms with Crippen LogP contribution in [0, 0.1) is 5.92 Å². The molecule has 2 atom stereocenters. The minimum atomic E-state index is -4.34. The van der Waals surface area contributed by atoms with Gasteiger partial charge >= 0.3 is 6.18 Å². The zero-order chi connectivity index (χ0) is 18.0. The lowest BCUT2D eigenvalue weighted by Crippen LogP contribution is -2.41. The molecule has 2 heterocycles. The first-order valence-electron chi connectivity index (χ1n) is 8.28. The van der Waals surface area contributed by atoms with E-state index in [2.05, 4.69) is 26.0 Å². The van der Waals surface area contributed by atoms with E-state index in [1.807, 2.05) is 0 Å². The fraction of sp³-hybridized carbons (Fsp3) is 0.588. The number of halogens is 4. The summed E-state index contributed by atoms with van der Waals surface area (Å²) in [5.41, 5.74) is 0.0350. The Bertz CT molecular complexity index is 613. The van der Waals surface area contributed by atoms with Crippen molar-refractivity contribution in [1.29, 1.82) is 0 Å². The molecule has 1 aromatic rings. The Morgan fingerprint density at radius 3 is 2.36 bits per heavy atom. The van der Waals surface area contributed by atoms with E-state index in [0.717, 1.165) is 49.1 Å². The van der Waals surface area contributed by atoms with Crippen LogP contribution in [0.4, 0.5) is 13.2 Å². The third-order valence-electron chi connectivity index (χ3n) is 4.99. The number of likely N-dealkylation sites (tertiary alicyclic amines) is 1. The molecule has 2 aliphatic rings. The molecule has 0 saturated carbocycles. The molecule has 1 N–H and O–H groups in total. The topological polar surface area (TPSA) is 45.1 Å². The highest BCUT2D eigenvalue weighted by Crippen LogP contribution is 2.34. The van der Waals surface area contributed by atoms with Crippen molar-refractivity contribution in [2.45, 2.75) is 37.6 Å². The van der Waals surface area contributed by atoms with Gasteiger partial charge in [0, 0.05) is 12.3 Å². The molecule has 138 valence electrons. The summed E-state index contributed by atoms with van der Waals surface area (Å²) in [4.78, 5) is 7.55. The van der Waals surface area contributed by atoms with Gasteiger partial charge in [-0.05, 0) is 59.6 Å². The summed E-state index contributed by atoms with van der Waals surface area (Å²) in [6.07, 6.45) is -1.64. The Hall–Kier alpha value is -1.12. The van der Waals surface area contributed by atoms with Crippen LogP contribution in [0.1, 0.15) is 36.4 Å². The molecule has 1 saturated heterocycles. The van der Waals surface area contributed by atoms with E-state index in [9.17, 15) is 18.3 Å². The molecule has 1 fully saturated rings. The van der Waals surface area contributed by atoms with Gasteiger partial charge in [0.1, 0.15) is 10.7 Å². The maximum Gasteiger partial charge on any atom is 0.416 e. The highest BCUT2D eigenvalue weighted by atomic mass is 79.9. The molecule has 0 radical (unpaired) electrons. The van der Waals surface area contributed by atoms with Gasteiger partial charge < -0.3 is 9.94 Å². The van der Waals surface area contributed by atoms with Gasteiger partial charge in [0.2, 0.25) is 0 Å². The summed E-state index contributed by atoms with van der Waals surface area (Å²) in [6.45, 7) is 1.42. The van der Waals surface area contributed by atoms with E-state index in [1.165, 1.54) is 12.1 Å². The number of alkyl halides is 3. The molecular formula is C17H20BrF3N2O2. The van der Waals surface area contributed by atoms with E-state index in [4.69, 9.17) is 4.84 Å². The van der Waals surface area contributed by atoms with E-state index in [-0.39, 0.29) is 18.8 Å². The van der Waals surface area contributed by atoms with Gasteiger partial charge in [0.25, 0.3) is 0 Å². The van der Waals surface area contributed by atoms with Crippen molar-refractivity contribution in [2.24, 2.45) is 11.1 Å². The predicted octanol–water partition coefficient (Wildman–Crippen LogP) is 3.95. The normalized spacial score (nSPS) is 24.0. The van der Waals surface area contributed by atoms with Crippen LogP contribution in [0.5, 0.6) is 0 Å². The molecule has 4 nitrogen and oxygen atoms in total. The van der Waals surface area contributed by atoms with Crippen LogP contribution in [0.15, 0.2) is 29.4 Å². The van der Waals surface area contributed by atoms with Gasteiger partial charge in [-0.2, -0.15) is 13.2 Å². The first-order valence-corrected chi connectivity index (χ1v) is 9.08. The lowest BCUT2D eigenvalue weighted by atomic mass is 9.88. The van der Waals surface area contributed by atoms with Crippen molar-refractivity contribution in [3.8, 4) is 0 Å². The van der Waals surface area contributed by atoms with Gasteiger partial charge in [0.15, 0.2) is 0 Å². The second-order valence-corrected chi connectivity index (χ2v) is 7.42. The van der Waals surface area contributed by atoms with Crippen LogP contribution in [0.25, 0.3) is 0 Å². The number of piperidine rings is 1. The molecular weight excluding hydrogens is 401 g/mol. The van der Waals surface area contributed by atoms with Crippen molar-refractivity contribution in [1.82, 2.24) is 4.90 Å². The molecule has 0 aliphatic carbocycles. The minimum absolute atomic E-state index is 0.0928. The molecule has 2 aliphatic heterocycles. The molecule has 25 heavy (non-hydrogen) atoms. The smallest absolute Gasteiger partial charge is 0.394 e. The number of hydrogen-bond donors (Lipinski definition) is 1. The van der Waals surface area contributed by atoms with E-state index < -0.39 is 11.7 Å². The summed E-state index contributed by atoms with van der Waals surface area (Å²) in [7, 11) is 0. The number of oxime groups is 1. The Morgan fingerprint density at radius 2 is 1.88 bits per heavy atom. The second-order valence-electron chi connectivity index (χ2n) is 6.51. The SMILES string of the molecule is OC[C@@H](c1ccc(C(F)(F)F)cc1)N1CCC(C2CC(Br)=NO2)CC1. The Morgan fingerprint density at radius 1 is 1.24 bits per heavy atom. The van der Waals surface area contributed by atoms with Crippen LogP contribution in [-0.4, -0.2) is 40.4 Å². The Kier molecular flexibility index (Phi) is 5.70. The molecule has 1 unspecified atom stereocenters. The summed E-state index contributed by atoms with van der Waals surface area (Å²) < 4.78 is 38.9. The average molecular weight is 421 g/mol. The standard InChI is InChI=1S/C17H20BrF3N2O2/c18-16-9-15(25-22-16)12-5-7-23(8-6-12)14(10-24)11-1-3-13(4-2-11)17(19,20)21/h1-4,12,14-15,24H,5-10H2/t14-,15?/m0/s1. The molecule has 0 amide bonds. The van der Waals surface area contributed by atoms with Crippen LogP contribution >= 0.6 is 15.9 Å². The van der Waals surface area contributed by atoms with Crippen molar-refractivity contribution < 1.29 is 23.1 Å². The molecule has 0 aromatic heterocycles. The number of benzene rings is 1. The maximum absolute atomic E-state index is 12.7. The molecule has 3 rings (SSSR count). The van der Waals surface area contributed by atoms with Gasteiger partial charge in [0.05, 0.1) is 18.2 Å². The van der Waals surface area contributed by atoms with Crippen LogP contribution < -0.4 is 0 Å². The van der Waals surface area contributed by atoms with Crippen LogP contribution in [0.2, 0.25) is 0 Å². The number of rotatable bonds is 4. The van der Waals surface area contributed by atoms with Gasteiger partial charge in [-0.1, -0.05) is 17.3 Å². The first-order chi connectivity index (χ1) is 11.9. The van der Waals surface area contributed by atoms with Crippen LogP contribution in [-0.2, 0) is 11.0 Å². The molecule has 1 aromatic carbocycles. The number of aliphatic hydroxyl groups is 1. The first kappa shape index (κ1) is 18.7. The van der Waals surface area contributed by atoms with E-state index >= 15 is 0 Å². The second kappa shape index (κ2) is 7.63. The lowest BCUT2D eigenvalue weighted by Gasteiger charge is -2.38. The van der Waals surface area contributed by atoms with Gasteiger partial charge in [-0.25, -0.2) is 0 Å². The number of nitrogens with zero attached hydrogens (tertiary/aromatic N) is 2. The van der Waals surface area contributed by atoms with E-state index in [0.29, 0.717) is 11.5 Å². The fourth-order valence-electron chi connectivity index (χ4n) is 3.55. The lowest BCUT2D eigenvalue weighted by molar-refractivity contribution is -0.137. The fourth-order valence-corrected chi connectivity index (χ4v) is 3.95. The zero-order valence-electron chi connectivity index (χ0n) is 13.5. The average Bonchev–Trinajstić information content (AvgIpc) is 3.02. The minimum Gasteiger partial charge on any atom is -0.394 e. The van der Waals surface area contributed by atoms with Crippen molar-refractivity contribution in [2.75, 3.05) is 19.7 Å². The molecule has 8 heteroatoms. The van der Waals surface area contributed by atoms with E-state index in [1.54, 1.807) is 0 Å². The van der Waals surface area contributed by atoms with Crippen molar-refractivity contribution in [3.63, 3.8) is 0 Å². The summed E-state index contributed by atoms with van der Waals surface area (Å²) in [5, 5.41) is 13.7. The van der Waals surface area contributed by atoms with Gasteiger partial charge in [-0.15, -0.1) is 0 Å². The van der Waals surface area contributed by atoms with Crippen LogP contribution in [0.3, 0.4) is 0 Å². The maximum atomic E-state index is 12.7.